The first kappa shape index (κ1) is 10.5. The van der Waals surface area contributed by atoms with Crippen LogP contribution in [0.25, 0.3) is 0 Å². The Kier molecular flexibility index (Phi) is 3.41. The summed E-state index contributed by atoms with van der Waals surface area (Å²) in [5.41, 5.74) is 5.49. The number of rotatable bonds is 3. The lowest BCUT2D eigenvalue weighted by Gasteiger charge is -2.09. The molecule has 0 aliphatic rings. The number of nitrogens with two attached hydrogens (primary N) is 1. The smallest absolute Gasteiger partial charge is 0.242 e. The molecule has 1 heterocycles. The van der Waals surface area contributed by atoms with Crippen LogP contribution in [-0.2, 0) is 4.79 Å². The maximum atomic E-state index is 11.3. The predicted octanol–water partition coefficient (Wildman–Crippen LogP) is 0.463. The van der Waals surface area contributed by atoms with Crippen molar-refractivity contribution >= 4 is 11.7 Å². The first-order chi connectivity index (χ1) is 6.65. The topological polar surface area (TPSA) is 88.2 Å². The van der Waals surface area contributed by atoms with E-state index in [2.05, 4.69) is 10.3 Å². The van der Waals surface area contributed by atoms with Crippen molar-refractivity contribution in [2.75, 3.05) is 5.32 Å². The van der Waals surface area contributed by atoms with Crippen molar-refractivity contribution in [3.8, 4) is 5.75 Å². The van der Waals surface area contributed by atoms with Gasteiger partial charge in [-0.15, -0.1) is 0 Å². The van der Waals surface area contributed by atoms with E-state index in [0.717, 1.165) is 0 Å². The molecule has 1 aromatic rings. The molecule has 1 atom stereocenters. The van der Waals surface area contributed by atoms with Crippen LogP contribution in [-0.4, -0.2) is 22.0 Å². The number of carbonyl (C=O) groups is 1. The molecule has 0 aliphatic heterocycles. The Hall–Kier alpha value is -1.62. The summed E-state index contributed by atoms with van der Waals surface area (Å²) in [5, 5.41) is 11.7. The van der Waals surface area contributed by atoms with Crippen molar-refractivity contribution < 1.29 is 9.90 Å². The maximum Gasteiger partial charge on any atom is 0.242 e. The molecular weight excluding hydrogens is 182 g/mol. The molecule has 0 saturated heterocycles. The highest BCUT2D eigenvalue weighted by molar-refractivity contribution is 5.94. The number of nitrogens with zero attached hydrogens (tertiary/aromatic N) is 1. The Bertz CT molecular complexity index is 328. The van der Waals surface area contributed by atoms with Crippen LogP contribution in [0.15, 0.2) is 18.3 Å². The third kappa shape index (κ3) is 2.43. The van der Waals surface area contributed by atoms with Crippen LogP contribution < -0.4 is 11.1 Å². The van der Waals surface area contributed by atoms with E-state index >= 15 is 0 Å². The van der Waals surface area contributed by atoms with Crippen LogP contribution in [0, 0.1) is 0 Å². The highest BCUT2D eigenvalue weighted by atomic mass is 16.3. The number of hydrogen-bond acceptors (Lipinski definition) is 4. The number of amides is 1. The molecule has 1 aromatic heterocycles. The van der Waals surface area contributed by atoms with Gasteiger partial charge in [0.2, 0.25) is 5.91 Å². The van der Waals surface area contributed by atoms with Gasteiger partial charge in [-0.1, -0.05) is 6.92 Å². The SMILES string of the molecule is CC[C@@H](N)C(=O)Nc1ncccc1O. The molecule has 0 saturated carbocycles. The normalized spacial score (nSPS) is 12.1. The summed E-state index contributed by atoms with van der Waals surface area (Å²) in [6.45, 7) is 1.81. The molecule has 4 N–H and O–H groups in total. The summed E-state index contributed by atoms with van der Waals surface area (Å²) in [6.07, 6.45) is 2.02. The lowest BCUT2D eigenvalue weighted by molar-refractivity contribution is -0.117. The molecule has 1 rings (SSSR count). The molecule has 14 heavy (non-hydrogen) atoms. The number of pyridine rings is 1. The second-order valence-electron chi connectivity index (χ2n) is 2.88. The van der Waals surface area contributed by atoms with Gasteiger partial charge in [0.25, 0.3) is 0 Å². The van der Waals surface area contributed by atoms with E-state index in [0.29, 0.717) is 6.42 Å². The van der Waals surface area contributed by atoms with E-state index in [9.17, 15) is 9.90 Å². The minimum Gasteiger partial charge on any atom is -0.504 e. The highest BCUT2D eigenvalue weighted by Crippen LogP contribution is 2.18. The zero-order chi connectivity index (χ0) is 10.6. The maximum absolute atomic E-state index is 11.3. The minimum atomic E-state index is -0.573. The Labute approximate surface area is 82.0 Å². The summed E-state index contributed by atoms with van der Waals surface area (Å²) >= 11 is 0. The van der Waals surface area contributed by atoms with Crippen LogP contribution in [0.1, 0.15) is 13.3 Å². The third-order valence-corrected chi connectivity index (χ3v) is 1.80. The van der Waals surface area contributed by atoms with Crippen LogP contribution >= 0.6 is 0 Å². The monoisotopic (exact) mass is 195 g/mol. The molecular formula is C9H13N3O2. The second kappa shape index (κ2) is 4.57. The van der Waals surface area contributed by atoms with Gasteiger partial charge in [-0.25, -0.2) is 4.98 Å². The van der Waals surface area contributed by atoms with Gasteiger partial charge in [-0.3, -0.25) is 4.79 Å². The molecule has 0 spiro atoms. The van der Waals surface area contributed by atoms with Gasteiger partial charge in [0.1, 0.15) is 0 Å². The van der Waals surface area contributed by atoms with Crippen LogP contribution in [0.3, 0.4) is 0 Å². The summed E-state index contributed by atoms with van der Waals surface area (Å²) in [5.74, 6) is -0.271. The van der Waals surface area contributed by atoms with Gasteiger partial charge in [-0.05, 0) is 18.6 Å². The molecule has 5 nitrogen and oxygen atoms in total. The van der Waals surface area contributed by atoms with Crippen molar-refractivity contribution in [1.29, 1.82) is 0 Å². The molecule has 0 aromatic carbocycles. The number of aromatic hydroxyl groups is 1. The first-order valence-electron chi connectivity index (χ1n) is 4.35. The molecule has 5 heteroatoms. The summed E-state index contributed by atoms with van der Waals surface area (Å²) in [7, 11) is 0. The molecule has 0 aliphatic carbocycles. The fourth-order valence-corrected chi connectivity index (χ4v) is 0.888. The van der Waals surface area contributed by atoms with Gasteiger partial charge in [0, 0.05) is 6.20 Å². The van der Waals surface area contributed by atoms with Crippen LogP contribution in [0.4, 0.5) is 5.82 Å². The Morgan fingerprint density at radius 3 is 3.07 bits per heavy atom. The number of carbonyl (C=O) groups excluding carboxylic acids is 1. The van der Waals surface area contributed by atoms with E-state index in [1.165, 1.54) is 12.3 Å². The lowest BCUT2D eigenvalue weighted by atomic mass is 10.2. The van der Waals surface area contributed by atoms with E-state index in [1.807, 2.05) is 6.92 Å². The Morgan fingerprint density at radius 1 is 1.79 bits per heavy atom. The number of nitrogens with one attached hydrogen (secondary N) is 1. The first-order valence-corrected chi connectivity index (χ1v) is 4.35. The van der Waals surface area contributed by atoms with E-state index in [1.54, 1.807) is 6.07 Å². The fourth-order valence-electron chi connectivity index (χ4n) is 0.888. The van der Waals surface area contributed by atoms with Crippen molar-refractivity contribution in [2.24, 2.45) is 5.73 Å². The largest absolute Gasteiger partial charge is 0.504 e. The van der Waals surface area contributed by atoms with Crippen molar-refractivity contribution in [3.05, 3.63) is 18.3 Å². The lowest BCUT2D eigenvalue weighted by Crippen LogP contribution is -2.35. The average molecular weight is 195 g/mol. The van der Waals surface area contributed by atoms with Crippen LogP contribution in [0.5, 0.6) is 5.75 Å². The van der Waals surface area contributed by atoms with Gasteiger partial charge < -0.3 is 16.2 Å². The number of anilines is 1. The van der Waals surface area contributed by atoms with Gasteiger partial charge >= 0.3 is 0 Å². The fraction of sp³-hybridized carbons (Fsp3) is 0.333. The van der Waals surface area contributed by atoms with Gasteiger partial charge in [0.15, 0.2) is 11.6 Å². The quantitative estimate of drug-likeness (QED) is 0.653. The standard InChI is InChI=1S/C9H13N3O2/c1-2-6(10)9(14)12-8-7(13)4-3-5-11-8/h3-6,13H,2,10H2,1H3,(H,11,12,14)/t6-/m1/s1. The molecule has 1 amide bonds. The summed E-state index contributed by atoms with van der Waals surface area (Å²) in [6, 6.07) is 2.45. The molecule has 0 radical (unpaired) electrons. The third-order valence-electron chi connectivity index (χ3n) is 1.80. The second-order valence-corrected chi connectivity index (χ2v) is 2.88. The molecule has 76 valence electrons. The summed E-state index contributed by atoms with van der Waals surface area (Å²) < 4.78 is 0. The van der Waals surface area contributed by atoms with E-state index in [-0.39, 0.29) is 17.5 Å². The van der Waals surface area contributed by atoms with E-state index < -0.39 is 6.04 Å². The molecule has 0 unspecified atom stereocenters. The zero-order valence-electron chi connectivity index (χ0n) is 7.90. The average Bonchev–Trinajstić information content (AvgIpc) is 2.20. The number of aromatic nitrogens is 1. The molecule has 0 bridgehead atoms. The zero-order valence-corrected chi connectivity index (χ0v) is 7.90. The molecule has 0 fully saturated rings. The van der Waals surface area contributed by atoms with E-state index in [4.69, 9.17) is 5.73 Å². The minimum absolute atomic E-state index is 0.0656. The van der Waals surface area contributed by atoms with Crippen LogP contribution in [0.2, 0.25) is 0 Å². The van der Waals surface area contributed by atoms with Gasteiger partial charge in [-0.2, -0.15) is 0 Å². The summed E-state index contributed by atoms with van der Waals surface area (Å²) in [4.78, 5) is 15.1. The van der Waals surface area contributed by atoms with Crippen molar-refractivity contribution in [3.63, 3.8) is 0 Å². The Morgan fingerprint density at radius 2 is 2.50 bits per heavy atom. The van der Waals surface area contributed by atoms with Crippen molar-refractivity contribution in [2.45, 2.75) is 19.4 Å². The Balaban J connectivity index is 2.70. The van der Waals surface area contributed by atoms with Gasteiger partial charge in [0.05, 0.1) is 6.04 Å². The number of hydrogen-bond donors (Lipinski definition) is 3. The highest BCUT2D eigenvalue weighted by Gasteiger charge is 2.12. The predicted molar refractivity (Wildman–Crippen MR) is 52.8 cm³/mol. The van der Waals surface area contributed by atoms with Crippen molar-refractivity contribution in [1.82, 2.24) is 4.98 Å².